The maximum Gasteiger partial charge on any atom is 0.320 e. The molecule has 1 aromatic rings. The Labute approximate surface area is 112 Å². The Balaban J connectivity index is 2.12. The molecule has 0 aliphatic carbocycles. The van der Waals surface area contributed by atoms with E-state index in [4.69, 9.17) is 0 Å². The Morgan fingerprint density at radius 2 is 2.50 bits per heavy atom. The Morgan fingerprint density at radius 1 is 1.72 bits per heavy atom. The van der Waals surface area contributed by atoms with E-state index in [9.17, 15) is 9.90 Å². The van der Waals surface area contributed by atoms with Crippen molar-refractivity contribution < 1.29 is 9.90 Å². The van der Waals surface area contributed by atoms with E-state index in [1.807, 2.05) is 16.9 Å². The first-order valence-corrected chi connectivity index (χ1v) is 7.47. The van der Waals surface area contributed by atoms with E-state index in [2.05, 4.69) is 18.9 Å². The fourth-order valence-electron chi connectivity index (χ4n) is 2.28. The van der Waals surface area contributed by atoms with Crippen molar-refractivity contribution in [1.82, 2.24) is 9.78 Å². The van der Waals surface area contributed by atoms with Crippen molar-refractivity contribution >= 4 is 17.7 Å². The zero-order chi connectivity index (χ0) is 13.2. The largest absolute Gasteiger partial charge is 0.480 e. The number of aromatic nitrogens is 2. The smallest absolute Gasteiger partial charge is 0.320 e. The third-order valence-corrected chi connectivity index (χ3v) is 5.23. The van der Waals surface area contributed by atoms with Gasteiger partial charge in [0.05, 0.1) is 5.69 Å². The van der Waals surface area contributed by atoms with E-state index in [-0.39, 0.29) is 0 Å². The molecule has 1 aliphatic heterocycles. The van der Waals surface area contributed by atoms with Crippen LogP contribution in [0, 0.1) is 0 Å². The van der Waals surface area contributed by atoms with Crippen LogP contribution < -0.4 is 0 Å². The van der Waals surface area contributed by atoms with Gasteiger partial charge in [0.1, 0.15) is 4.75 Å². The van der Waals surface area contributed by atoms with Gasteiger partial charge in [-0.05, 0) is 38.0 Å². The molecule has 1 saturated heterocycles. The molecule has 2 atom stereocenters. The van der Waals surface area contributed by atoms with Crippen LogP contribution in [-0.4, -0.2) is 31.4 Å². The second-order valence-corrected chi connectivity index (χ2v) is 6.45. The highest BCUT2D eigenvalue weighted by Crippen LogP contribution is 2.40. The van der Waals surface area contributed by atoms with Gasteiger partial charge in [-0.15, -0.1) is 11.8 Å². The molecular formula is C13H20N2O2S. The summed E-state index contributed by atoms with van der Waals surface area (Å²) in [7, 11) is 0. The van der Waals surface area contributed by atoms with E-state index in [1.165, 1.54) is 0 Å². The molecule has 0 saturated carbocycles. The predicted molar refractivity (Wildman–Crippen MR) is 73.0 cm³/mol. The van der Waals surface area contributed by atoms with Crippen LogP contribution in [0.3, 0.4) is 0 Å². The van der Waals surface area contributed by atoms with Crippen LogP contribution in [0.1, 0.15) is 44.8 Å². The zero-order valence-corrected chi connectivity index (χ0v) is 11.7. The summed E-state index contributed by atoms with van der Waals surface area (Å²) < 4.78 is 1.29. The predicted octanol–water partition coefficient (Wildman–Crippen LogP) is 2.75. The molecule has 4 nitrogen and oxygen atoms in total. The number of rotatable bonds is 5. The summed E-state index contributed by atoms with van der Waals surface area (Å²) in [6.45, 7) is 4.24. The van der Waals surface area contributed by atoms with Crippen molar-refractivity contribution in [2.24, 2.45) is 0 Å². The van der Waals surface area contributed by atoms with Crippen LogP contribution in [0.2, 0.25) is 0 Å². The molecule has 100 valence electrons. The van der Waals surface area contributed by atoms with Crippen molar-refractivity contribution in [2.45, 2.75) is 50.3 Å². The Kier molecular flexibility index (Phi) is 4.00. The van der Waals surface area contributed by atoms with Gasteiger partial charge in [0.2, 0.25) is 0 Å². The molecule has 1 fully saturated rings. The normalized spacial score (nSPS) is 25.2. The van der Waals surface area contributed by atoms with Gasteiger partial charge in [0, 0.05) is 18.7 Å². The third-order valence-electron chi connectivity index (χ3n) is 3.67. The van der Waals surface area contributed by atoms with Crippen molar-refractivity contribution in [3.05, 3.63) is 18.0 Å². The summed E-state index contributed by atoms with van der Waals surface area (Å²) in [4.78, 5) is 11.5. The minimum Gasteiger partial charge on any atom is -0.480 e. The van der Waals surface area contributed by atoms with Crippen LogP contribution in [-0.2, 0) is 11.2 Å². The molecule has 0 bridgehead atoms. The maximum absolute atomic E-state index is 11.5. The standard InChI is InChI=1S/C13H20N2O2S/c1-3-10(2)15-7-5-11(14-15)9-13(12(16)17)6-4-8-18-13/h5,7,10H,3-4,6,8-9H2,1-2H3,(H,16,17). The van der Waals surface area contributed by atoms with Gasteiger partial charge in [-0.1, -0.05) is 6.92 Å². The lowest BCUT2D eigenvalue weighted by molar-refractivity contribution is -0.139. The summed E-state index contributed by atoms with van der Waals surface area (Å²) in [6, 6.07) is 2.33. The van der Waals surface area contributed by atoms with E-state index >= 15 is 0 Å². The molecule has 1 N–H and O–H groups in total. The van der Waals surface area contributed by atoms with Crippen LogP contribution in [0.15, 0.2) is 12.3 Å². The number of hydrogen-bond donors (Lipinski definition) is 1. The molecule has 0 amide bonds. The van der Waals surface area contributed by atoms with E-state index < -0.39 is 10.7 Å². The van der Waals surface area contributed by atoms with Crippen LogP contribution in [0.25, 0.3) is 0 Å². The summed E-state index contributed by atoms with van der Waals surface area (Å²) in [5.74, 6) is 0.251. The molecule has 1 aliphatic rings. The average molecular weight is 268 g/mol. The summed E-state index contributed by atoms with van der Waals surface area (Å²) in [6.07, 6.45) is 5.27. The highest BCUT2D eigenvalue weighted by Gasteiger charge is 2.42. The van der Waals surface area contributed by atoms with Crippen molar-refractivity contribution in [2.75, 3.05) is 5.75 Å². The Morgan fingerprint density at radius 3 is 3.06 bits per heavy atom. The van der Waals surface area contributed by atoms with E-state index in [0.29, 0.717) is 12.5 Å². The van der Waals surface area contributed by atoms with E-state index in [1.54, 1.807) is 11.8 Å². The van der Waals surface area contributed by atoms with Gasteiger partial charge in [0.25, 0.3) is 0 Å². The SMILES string of the molecule is CCC(C)n1ccc(CC2(C(=O)O)CCCS2)n1. The summed E-state index contributed by atoms with van der Waals surface area (Å²) >= 11 is 1.57. The van der Waals surface area contributed by atoms with Gasteiger partial charge in [0.15, 0.2) is 0 Å². The number of aliphatic carboxylic acids is 1. The quantitative estimate of drug-likeness (QED) is 0.892. The first-order valence-electron chi connectivity index (χ1n) is 6.49. The number of carboxylic acids is 1. The fourth-order valence-corrected chi connectivity index (χ4v) is 3.62. The second-order valence-electron chi connectivity index (χ2n) is 4.97. The van der Waals surface area contributed by atoms with Gasteiger partial charge < -0.3 is 5.11 Å². The number of carbonyl (C=O) groups is 1. The molecule has 0 spiro atoms. The van der Waals surface area contributed by atoms with Crippen molar-refractivity contribution in [1.29, 1.82) is 0 Å². The van der Waals surface area contributed by atoms with Crippen molar-refractivity contribution in [3.63, 3.8) is 0 Å². The minimum absolute atomic E-state index is 0.371. The molecule has 18 heavy (non-hydrogen) atoms. The molecule has 2 unspecified atom stereocenters. The Bertz CT molecular complexity index is 424. The second kappa shape index (κ2) is 5.34. The lowest BCUT2D eigenvalue weighted by atomic mass is 9.97. The first kappa shape index (κ1) is 13.5. The topological polar surface area (TPSA) is 55.1 Å². The lowest BCUT2D eigenvalue weighted by Crippen LogP contribution is -2.35. The fraction of sp³-hybridized carbons (Fsp3) is 0.692. The number of thioether (sulfide) groups is 1. The lowest BCUT2D eigenvalue weighted by Gasteiger charge is -2.21. The van der Waals surface area contributed by atoms with Crippen molar-refractivity contribution in [3.8, 4) is 0 Å². The highest BCUT2D eigenvalue weighted by molar-refractivity contribution is 8.01. The van der Waals surface area contributed by atoms with Gasteiger partial charge >= 0.3 is 5.97 Å². The maximum atomic E-state index is 11.5. The molecule has 2 heterocycles. The van der Waals surface area contributed by atoms with Crippen LogP contribution >= 0.6 is 11.8 Å². The molecular weight excluding hydrogens is 248 g/mol. The number of hydrogen-bond acceptors (Lipinski definition) is 3. The highest BCUT2D eigenvalue weighted by atomic mass is 32.2. The minimum atomic E-state index is -0.692. The third kappa shape index (κ3) is 2.55. The molecule has 0 radical (unpaired) electrons. The average Bonchev–Trinajstić information content (AvgIpc) is 2.98. The number of nitrogens with zero attached hydrogens (tertiary/aromatic N) is 2. The van der Waals surface area contributed by atoms with Crippen LogP contribution in [0.4, 0.5) is 0 Å². The van der Waals surface area contributed by atoms with Gasteiger partial charge in [-0.25, -0.2) is 0 Å². The van der Waals surface area contributed by atoms with Gasteiger partial charge in [-0.3, -0.25) is 9.48 Å². The molecule has 1 aromatic heterocycles. The molecule has 0 aromatic carbocycles. The monoisotopic (exact) mass is 268 g/mol. The zero-order valence-electron chi connectivity index (χ0n) is 10.9. The van der Waals surface area contributed by atoms with E-state index in [0.717, 1.165) is 30.7 Å². The summed E-state index contributed by atoms with van der Waals surface area (Å²) in [5.41, 5.74) is 0.895. The first-order chi connectivity index (χ1) is 8.57. The van der Waals surface area contributed by atoms with Gasteiger partial charge in [-0.2, -0.15) is 5.10 Å². The molecule has 5 heteroatoms. The van der Waals surface area contributed by atoms with Crippen LogP contribution in [0.5, 0.6) is 0 Å². The summed E-state index contributed by atoms with van der Waals surface area (Å²) in [5, 5.41) is 13.9. The Hall–Kier alpha value is -0.970. The number of carboxylic acid groups (broad SMARTS) is 1. The molecule has 2 rings (SSSR count).